The van der Waals surface area contributed by atoms with Crippen molar-refractivity contribution in [3.63, 3.8) is 0 Å². The van der Waals surface area contributed by atoms with Gasteiger partial charge in [-0.1, -0.05) is 36.4 Å². The summed E-state index contributed by atoms with van der Waals surface area (Å²) in [5, 5.41) is 0. The molecule has 0 radical (unpaired) electrons. The molecule has 0 heterocycles. The van der Waals surface area contributed by atoms with Crippen LogP contribution in [0, 0.1) is 58.2 Å². The van der Waals surface area contributed by atoms with Crippen molar-refractivity contribution in [2.75, 3.05) is 0 Å². The minimum Gasteiger partial charge on any atom is -0.203 e. The quantitative estimate of drug-likeness (QED) is 0.132. The Morgan fingerprint density at radius 2 is 0.800 bits per heavy atom. The lowest BCUT2D eigenvalue weighted by atomic mass is 9.86. The molecule has 10 heteroatoms. The van der Waals surface area contributed by atoms with Gasteiger partial charge in [-0.3, -0.25) is 0 Å². The third-order valence-corrected chi connectivity index (χ3v) is 5.93. The first-order valence-electron chi connectivity index (χ1n) is 9.83. The maximum absolute atomic E-state index is 14.9. The first-order valence-corrected chi connectivity index (χ1v) is 9.83. The van der Waals surface area contributed by atoms with E-state index >= 15 is 0 Å². The summed E-state index contributed by atoms with van der Waals surface area (Å²) in [6.45, 7) is 0. The van der Waals surface area contributed by atoms with E-state index in [1.165, 1.54) is 6.07 Å². The van der Waals surface area contributed by atoms with Crippen LogP contribution < -0.4 is 0 Å². The van der Waals surface area contributed by atoms with Crippen molar-refractivity contribution in [1.29, 1.82) is 0 Å². The van der Waals surface area contributed by atoms with Crippen molar-refractivity contribution < 1.29 is 43.9 Å². The number of benzene rings is 4. The lowest BCUT2D eigenvalue weighted by Gasteiger charge is -2.19. The zero-order valence-corrected chi connectivity index (χ0v) is 17.0. The van der Waals surface area contributed by atoms with Gasteiger partial charge in [-0.2, -0.15) is 0 Å². The monoisotopic (exact) mass is 498 g/mol. The van der Waals surface area contributed by atoms with E-state index in [1.807, 2.05) is 0 Å². The number of hydrogen-bond acceptors (Lipinski definition) is 0. The Bertz CT molecular complexity index is 1510. The van der Waals surface area contributed by atoms with E-state index < -0.39 is 80.4 Å². The van der Waals surface area contributed by atoms with E-state index in [2.05, 4.69) is 0 Å². The van der Waals surface area contributed by atoms with Crippen molar-refractivity contribution in [2.45, 2.75) is 6.42 Å². The van der Waals surface area contributed by atoms with Crippen LogP contribution in [0.4, 0.5) is 43.9 Å². The predicted molar refractivity (Wildman–Crippen MR) is 105 cm³/mol. The van der Waals surface area contributed by atoms with Gasteiger partial charge in [0.2, 0.25) is 11.6 Å². The van der Waals surface area contributed by atoms with Gasteiger partial charge in [0.25, 0.3) is 0 Å². The fourth-order valence-corrected chi connectivity index (χ4v) is 4.37. The van der Waals surface area contributed by atoms with E-state index in [1.54, 1.807) is 24.3 Å². The van der Waals surface area contributed by atoms with Crippen molar-refractivity contribution in [3.8, 4) is 33.4 Å². The Morgan fingerprint density at radius 1 is 0.371 bits per heavy atom. The van der Waals surface area contributed by atoms with Gasteiger partial charge in [0.15, 0.2) is 46.5 Å². The number of rotatable bonds is 2. The molecule has 0 aromatic heterocycles. The van der Waals surface area contributed by atoms with Gasteiger partial charge in [-0.25, -0.2) is 43.9 Å². The summed E-state index contributed by atoms with van der Waals surface area (Å²) < 4.78 is 143. The topological polar surface area (TPSA) is 0 Å². The molecule has 0 amide bonds. The molecule has 0 bridgehead atoms. The number of fused-ring (bicyclic) bond motifs is 3. The van der Waals surface area contributed by atoms with Crippen LogP contribution in [-0.4, -0.2) is 0 Å². The average Bonchev–Trinajstić information content (AvgIpc) is 3.23. The van der Waals surface area contributed by atoms with Gasteiger partial charge in [0, 0.05) is 0 Å². The van der Waals surface area contributed by atoms with Crippen LogP contribution in [0.25, 0.3) is 33.4 Å². The SMILES string of the molecule is Fc1c(F)c(F)c(-c2ccc3c(c2-c2c(F)c(F)c(F)c(F)c2F)Cc2ccccc2-3)c(F)c1F. The third-order valence-electron chi connectivity index (χ3n) is 5.93. The molecule has 4 aromatic rings. The highest BCUT2D eigenvalue weighted by molar-refractivity contribution is 5.94. The Kier molecular flexibility index (Phi) is 5.15. The van der Waals surface area contributed by atoms with Crippen LogP contribution in [0.3, 0.4) is 0 Å². The van der Waals surface area contributed by atoms with Gasteiger partial charge < -0.3 is 0 Å². The lowest BCUT2D eigenvalue weighted by molar-refractivity contribution is 0.380. The molecule has 178 valence electrons. The van der Waals surface area contributed by atoms with E-state index in [9.17, 15) is 43.9 Å². The molecule has 0 nitrogen and oxygen atoms in total. The van der Waals surface area contributed by atoms with Crippen LogP contribution in [-0.2, 0) is 6.42 Å². The second-order valence-corrected chi connectivity index (χ2v) is 7.74. The zero-order valence-electron chi connectivity index (χ0n) is 17.0. The van der Waals surface area contributed by atoms with Crippen LogP contribution in [0.5, 0.6) is 0 Å². The fourth-order valence-electron chi connectivity index (χ4n) is 4.37. The average molecular weight is 498 g/mol. The summed E-state index contributed by atoms with van der Waals surface area (Å²) in [6.07, 6.45) is -0.177. The van der Waals surface area contributed by atoms with E-state index in [0.29, 0.717) is 11.1 Å². The molecular weight excluding hydrogens is 490 g/mol. The minimum absolute atomic E-state index is 0.115. The van der Waals surface area contributed by atoms with Gasteiger partial charge >= 0.3 is 0 Å². The van der Waals surface area contributed by atoms with Gasteiger partial charge in [0.05, 0.1) is 11.1 Å². The van der Waals surface area contributed by atoms with Gasteiger partial charge in [-0.15, -0.1) is 0 Å². The maximum atomic E-state index is 14.9. The van der Waals surface area contributed by atoms with E-state index in [4.69, 9.17) is 0 Å². The second-order valence-electron chi connectivity index (χ2n) is 7.74. The zero-order chi connectivity index (χ0) is 25.3. The molecule has 0 spiro atoms. The standard InChI is InChI=1S/C25H8F10/c26-16-14(17(27)21(31)24(34)20(16)30)11-6-5-10-9-4-2-1-3-8(9)7-12(10)13(11)15-18(28)22(32)25(35)23(33)19(15)29/h1-6H,7H2. The number of hydrogen-bond donors (Lipinski definition) is 0. The summed E-state index contributed by atoms with van der Waals surface area (Å²) in [4.78, 5) is 0. The molecule has 0 N–H and O–H groups in total. The van der Waals surface area contributed by atoms with Crippen LogP contribution in [0.1, 0.15) is 11.1 Å². The van der Waals surface area contributed by atoms with Crippen LogP contribution in [0.2, 0.25) is 0 Å². The Labute approximate surface area is 190 Å². The fraction of sp³-hybridized carbons (Fsp3) is 0.0400. The first kappa shape index (κ1) is 22.9. The largest absolute Gasteiger partial charge is 0.203 e. The molecule has 1 aliphatic rings. The molecule has 0 atom stereocenters. The molecular formula is C25H8F10. The molecule has 1 aliphatic carbocycles. The smallest absolute Gasteiger partial charge is 0.200 e. The van der Waals surface area contributed by atoms with Crippen molar-refractivity contribution >= 4 is 0 Å². The highest BCUT2D eigenvalue weighted by atomic mass is 19.2. The Morgan fingerprint density at radius 3 is 1.34 bits per heavy atom. The Hall–Kier alpha value is -3.82. The highest BCUT2D eigenvalue weighted by Gasteiger charge is 2.35. The van der Waals surface area contributed by atoms with Gasteiger partial charge in [-0.05, 0) is 39.8 Å². The van der Waals surface area contributed by atoms with Crippen LogP contribution >= 0.6 is 0 Å². The van der Waals surface area contributed by atoms with Crippen molar-refractivity contribution in [2.24, 2.45) is 0 Å². The summed E-state index contributed by atoms with van der Waals surface area (Å²) >= 11 is 0. The predicted octanol–water partition coefficient (Wildman–Crippen LogP) is 7.98. The summed E-state index contributed by atoms with van der Waals surface area (Å²) in [5.74, 6) is -23.6. The van der Waals surface area contributed by atoms with Gasteiger partial charge in [0.1, 0.15) is 0 Å². The highest BCUT2D eigenvalue weighted by Crippen LogP contribution is 2.49. The third kappa shape index (κ3) is 3.08. The molecule has 0 unspecified atom stereocenters. The van der Waals surface area contributed by atoms with E-state index in [-0.39, 0.29) is 17.5 Å². The molecule has 35 heavy (non-hydrogen) atoms. The first-order chi connectivity index (χ1) is 16.6. The minimum atomic E-state index is -2.48. The molecule has 0 fully saturated rings. The summed E-state index contributed by atoms with van der Waals surface area (Å²) in [6, 6.07) is 8.41. The molecule has 0 aliphatic heterocycles. The summed E-state index contributed by atoms with van der Waals surface area (Å²) in [7, 11) is 0. The molecule has 5 rings (SSSR count). The normalized spacial score (nSPS) is 12.2. The molecule has 0 saturated heterocycles. The van der Waals surface area contributed by atoms with Crippen molar-refractivity contribution in [1.82, 2.24) is 0 Å². The second kappa shape index (κ2) is 7.86. The Balaban J connectivity index is 1.98. The molecule has 0 saturated carbocycles. The lowest BCUT2D eigenvalue weighted by Crippen LogP contribution is -2.09. The number of halogens is 10. The summed E-state index contributed by atoms with van der Waals surface area (Å²) in [5.41, 5.74) is -3.78. The van der Waals surface area contributed by atoms with Crippen LogP contribution in [0.15, 0.2) is 36.4 Å². The van der Waals surface area contributed by atoms with Crippen molar-refractivity contribution in [3.05, 3.63) is 106 Å². The maximum Gasteiger partial charge on any atom is 0.200 e. The molecule has 4 aromatic carbocycles. The van der Waals surface area contributed by atoms with E-state index in [0.717, 1.165) is 6.07 Å².